The standard InChI is InChI=1S/C17H18ClN6/c18-14-10-20-17(22-12-5-3-4-11(19)8-12)23-16(14)13-9-21-24-7-2-1-6-15(13)24/h1-2,6-7,9-12,19H,3-5,8H2,(H,20,22,23)/t11-,12+/m0/s1. The second-order valence-electron chi connectivity index (χ2n) is 6.18. The Hall–Kier alpha value is -2.18. The molecule has 3 heterocycles. The number of fused-ring (bicyclic) bond motifs is 1. The Bertz CT molecular complexity index is 861. The number of pyridine rings is 1. The number of rotatable bonds is 3. The second-order valence-corrected chi connectivity index (χ2v) is 6.59. The van der Waals surface area contributed by atoms with Crippen LogP contribution in [-0.4, -0.2) is 31.7 Å². The van der Waals surface area contributed by atoms with Crippen LogP contribution in [-0.2, 0) is 0 Å². The number of hydrogen-bond acceptors (Lipinski definition) is 4. The van der Waals surface area contributed by atoms with Crippen molar-refractivity contribution in [2.45, 2.75) is 37.8 Å². The summed E-state index contributed by atoms with van der Waals surface area (Å²) in [6.07, 6.45) is 9.22. The minimum absolute atomic E-state index is 0.00244. The number of nitrogens with zero attached hydrogens (tertiary/aromatic N) is 4. The van der Waals surface area contributed by atoms with Crippen molar-refractivity contribution in [3.05, 3.63) is 41.8 Å². The fraction of sp³-hybridized carbons (Fsp3) is 0.353. The summed E-state index contributed by atoms with van der Waals surface area (Å²) in [6.45, 7) is 0. The molecule has 0 amide bonds. The van der Waals surface area contributed by atoms with Crippen LogP contribution in [0.25, 0.3) is 16.8 Å². The third-order valence-corrected chi connectivity index (χ3v) is 4.71. The molecule has 123 valence electrons. The summed E-state index contributed by atoms with van der Waals surface area (Å²) in [4.78, 5) is 8.92. The Labute approximate surface area is 145 Å². The van der Waals surface area contributed by atoms with Crippen molar-refractivity contribution in [3.8, 4) is 11.3 Å². The van der Waals surface area contributed by atoms with E-state index >= 15 is 0 Å². The van der Waals surface area contributed by atoms with Gasteiger partial charge in [-0.15, -0.1) is 0 Å². The SMILES string of the molecule is [NH][C@H]1CCC[C@@H](Nc2ncc(Cl)c(-c3cnn4ccccc34)n2)C1. The molecular formula is C17H18ClN6. The first-order valence-electron chi connectivity index (χ1n) is 8.13. The molecule has 1 aliphatic carbocycles. The first kappa shape index (κ1) is 15.4. The Morgan fingerprint density at radius 1 is 1.25 bits per heavy atom. The average molecular weight is 342 g/mol. The van der Waals surface area contributed by atoms with Crippen LogP contribution >= 0.6 is 11.6 Å². The normalized spacial score (nSPS) is 21.1. The van der Waals surface area contributed by atoms with E-state index in [1.807, 2.05) is 24.4 Å². The van der Waals surface area contributed by atoms with E-state index in [4.69, 9.17) is 17.3 Å². The summed E-state index contributed by atoms with van der Waals surface area (Å²) in [5.74, 6) is 0.559. The van der Waals surface area contributed by atoms with Crippen LogP contribution in [0.4, 0.5) is 5.95 Å². The van der Waals surface area contributed by atoms with Gasteiger partial charge in [0.25, 0.3) is 0 Å². The van der Waals surface area contributed by atoms with Crippen LogP contribution in [0.3, 0.4) is 0 Å². The van der Waals surface area contributed by atoms with Gasteiger partial charge in [-0.05, 0) is 37.8 Å². The highest BCUT2D eigenvalue weighted by Gasteiger charge is 2.21. The van der Waals surface area contributed by atoms with Gasteiger partial charge < -0.3 is 5.32 Å². The third-order valence-electron chi connectivity index (χ3n) is 4.43. The molecule has 2 N–H and O–H groups in total. The number of halogens is 1. The highest BCUT2D eigenvalue weighted by Crippen LogP contribution is 2.30. The largest absolute Gasteiger partial charge is 0.351 e. The maximum absolute atomic E-state index is 7.94. The van der Waals surface area contributed by atoms with Crippen molar-refractivity contribution in [1.82, 2.24) is 25.3 Å². The zero-order chi connectivity index (χ0) is 16.5. The fourth-order valence-electron chi connectivity index (χ4n) is 3.25. The number of hydrogen-bond donors (Lipinski definition) is 1. The van der Waals surface area contributed by atoms with E-state index in [1.54, 1.807) is 16.9 Å². The lowest BCUT2D eigenvalue weighted by atomic mass is 9.92. The van der Waals surface area contributed by atoms with Crippen LogP contribution < -0.4 is 11.1 Å². The van der Waals surface area contributed by atoms with E-state index in [2.05, 4.69) is 20.4 Å². The predicted octanol–water partition coefficient (Wildman–Crippen LogP) is 3.45. The van der Waals surface area contributed by atoms with Crippen molar-refractivity contribution in [2.24, 2.45) is 0 Å². The van der Waals surface area contributed by atoms with E-state index in [0.29, 0.717) is 16.7 Å². The van der Waals surface area contributed by atoms with Crippen LogP contribution in [0.5, 0.6) is 0 Å². The maximum atomic E-state index is 7.94. The maximum Gasteiger partial charge on any atom is 0.223 e. The van der Waals surface area contributed by atoms with Crippen molar-refractivity contribution < 1.29 is 0 Å². The molecule has 0 saturated heterocycles. The molecule has 1 saturated carbocycles. The summed E-state index contributed by atoms with van der Waals surface area (Å²) in [7, 11) is 0. The van der Waals surface area contributed by atoms with Gasteiger partial charge in [-0.25, -0.2) is 14.5 Å². The first-order valence-corrected chi connectivity index (χ1v) is 8.51. The monoisotopic (exact) mass is 341 g/mol. The Morgan fingerprint density at radius 3 is 3.04 bits per heavy atom. The molecule has 1 radical (unpaired) electrons. The summed E-state index contributed by atoms with van der Waals surface area (Å²) in [6, 6.07) is 6.13. The summed E-state index contributed by atoms with van der Waals surface area (Å²) < 4.78 is 1.80. The van der Waals surface area contributed by atoms with Crippen molar-refractivity contribution in [3.63, 3.8) is 0 Å². The molecule has 0 aliphatic heterocycles. The Morgan fingerprint density at radius 2 is 2.17 bits per heavy atom. The quantitative estimate of drug-likeness (QED) is 0.791. The van der Waals surface area contributed by atoms with Gasteiger partial charge >= 0.3 is 0 Å². The lowest BCUT2D eigenvalue weighted by Gasteiger charge is -2.26. The van der Waals surface area contributed by atoms with E-state index < -0.39 is 0 Å². The molecule has 7 heteroatoms. The van der Waals surface area contributed by atoms with Gasteiger partial charge in [-0.1, -0.05) is 17.7 Å². The van der Waals surface area contributed by atoms with E-state index in [0.717, 1.165) is 36.8 Å². The van der Waals surface area contributed by atoms with Crippen molar-refractivity contribution in [1.29, 1.82) is 0 Å². The van der Waals surface area contributed by atoms with Gasteiger partial charge in [0.05, 0.1) is 28.6 Å². The topological polar surface area (TPSA) is 78.9 Å². The summed E-state index contributed by atoms with van der Waals surface area (Å²) in [5.41, 5.74) is 10.4. The van der Waals surface area contributed by atoms with Gasteiger partial charge in [0.1, 0.15) is 0 Å². The molecule has 1 aliphatic rings. The molecule has 1 fully saturated rings. The summed E-state index contributed by atoms with van der Waals surface area (Å²) >= 11 is 6.33. The Kier molecular flexibility index (Phi) is 4.08. The molecule has 24 heavy (non-hydrogen) atoms. The molecule has 0 bridgehead atoms. The number of aromatic nitrogens is 4. The van der Waals surface area contributed by atoms with Crippen LogP contribution in [0.2, 0.25) is 5.02 Å². The lowest BCUT2D eigenvalue weighted by Crippen LogP contribution is -2.31. The van der Waals surface area contributed by atoms with Crippen molar-refractivity contribution in [2.75, 3.05) is 5.32 Å². The lowest BCUT2D eigenvalue weighted by molar-refractivity contribution is 0.400. The molecule has 0 aromatic carbocycles. The zero-order valence-corrected chi connectivity index (χ0v) is 13.9. The van der Waals surface area contributed by atoms with E-state index in [9.17, 15) is 0 Å². The van der Waals surface area contributed by atoms with Gasteiger partial charge in [0.2, 0.25) is 5.95 Å². The van der Waals surface area contributed by atoms with Gasteiger partial charge in [0.15, 0.2) is 0 Å². The van der Waals surface area contributed by atoms with Crippen LogP contribution in [0, 0.1) is 0 Å². The Balaban J connectivity index is 1.66. The van der Waals surface area contributed by atoms with Crippen LogP contribution in [0.15, 0.2) is 36.8 Å². The molecule has 0 spiro atoms. The number of nitrogens with one attached hydrogen (secondary N) is 2. The first-order chi connectivity index (χ1) is 11.7. The second kappa shape index (κ2) is 6.37. The molecular weight excluding hydrogens is 324 g/mol. The number of anilines is 1. The zero-order valence-electron chi connectivity index (χ0n) is 13.1. The average Bonchev–Trinajstić information content (AvgIpc) is 3.01. The van der Waals surface area contributed by atoms with Gasteiger partial charge in [-0.3, -0.25) is 5.73 Å². The van der Waals surface area contributed by atoms with E-state index in [1.165, 1.54) is 0 Å². The molecule has 2 atom stereocenters. The minimum Gasteiger partial charge on any atom is -0.351 e. The summed E-state index contributed by atoms with van der Waals surface area (Å²) in [5, 5.41) is 8.21. The predicted molar refractivity (Wildman–Crippen MR) is 94.0 cm³/mol. The van der Waals surface area contributed by atoms with Crippen molar-refractivity contribution >= 4 is 23.1 Å². The van der Waals surface area contributed by atoms with Crippen LogP contribution in [0.1, 0.15) is 25.7 Å². The molecule has 4 rings (SSSR count). The smallest absolute Gasteiger partial charge is 0.223 e. The molecule has 6 nitrogen and oxygen atoms in total. The fourth-order valence-corrected chi connectivity index (χ4v) is 3.44. The van der Waals surface area contributed by atoms with Gasteiger partial charge in [0, 0.05) is 23.8 Å². The molecule has 3 aromatic rings. The van der Waals surface area contributed by atoms with E-state index in [-0.39, 0.29) is 12.1 Å². The third kappa shape index (κ3) is 2.95. The molecule has 3 aromatic heterocycles. The highest BCUT2D eigenvalue weighted by atomic mass is 35.5. The highest BCUT2D eigenvalue weighted by molar-refractivity contribution is 6.33. The van der Waals surface area contributed by atoms with Gasteiger partial charge in [-0.2, -0.15) is 5.10 Å². The molecule has 0 unspecified atom stereocenters. The minimum atomic E-state index is 0.00244.